The van der Waals surface area contributed by atoms with Gasteiger partial charge in [0.05, 0.1) is 17.3 Å². The van der Waals surface area contributed by atoms with E-state index in [1.807, 2.05) is 49.4 Å². The van der Waals surface area contributed by atoms with E-state index in [0.717, 1.165) is 22.8 Å². The average molecular weight is 472 g/mol. The second-order valence-electron chi connectivity index (χ2n) is 7.26. The van der Waals surface area contributed by atoms with E-state index in [9.17, 15) is 4.79 Å². The number of hydrogen-bond donors (Lipinski definition) is 1. The molecule has 9 heteroatoms. The van der Waals surface area contributed by atoms with Crippen LogP contribution in [0.25, 0.3) is 11.3 Å². The number of anilines is 2. The molecule has 0 aliphatic carbocycles. The quantitative estimate of drug-likeness (QED) is 0.553. The largest absolute Gasteiger partial charge is 0.494 e. The highest BCUT2D eigenvalue weighted by atomic mass is 35.5. The maximum Gasteiger partial charge on any atom is 0.321 e. The molecule has 0 atom stereocenters. The van der Waals surface area contributed by atoms with Crippen molar-refractivity contribution in [2.24, 2.45) is 0 Å². The zero-order valence-corrected chi connectivity index (χ0v) is 19.1. The summed E-state index contributed by atoms with van der Waals surface area (Å²) in [6, 6.07) is 16.3. The fourth-order valence-electron chi connectivity index (χ4n) is 3.48. The Kier molecular flexibility index (Phi) is 6.97. The van der Waals surface area contributed by atoms with Gasteiger partial charge in [0.1, 0.15) is 5.75 Å². The van der Waals surface area contributed by atoms with Crippen molar-refractivity contribution in [2.45, 2.75) is 6.92 Å². The third kappa shape index (κ3) is 5.23. The number of hydrogen-bond acceptors (Lipinski definition) is 5. The Morgan fingerprint density at radius 3 is 2.38 bits per heavy atom. The van der Waals surface area contributed by atoms with Gasteiger partial charge in [-0.3, -0.25) is 0 Å². The molecule has 7 nitrogen and oxygen atoms in total. The van der Waals surface area contributed by atoms with Crippen molar-refractivity contribution in [1.82, 2.24) is 15.1 Å². The maximum absolute atomic E-state index is 12.6. The monoisotopic (exact) mass is 471 g/mol. The molecule has 0 saturated carbocycles. The van der Waals surface area contributed by atoms with E-state index in [1.54, 1.807) is 17.0 Å². The van der Waals surface area contributed by atoms with E-state index in [-0.39, 0.29) is 6.03 Å². The molecule has 1 aliphatic heterocycles. The third-order valence-corrected chi connectivity index (χ3v) is 5.71. The van der Waals surface area contributed by atoms with E-state index >= 15 is 0 Å². The van der Waals surface area contributed by atoms with E-state index in [1.165, 1.54) is 0 Å². The molecule has 2 heterocycles. The lowest BCUT2D eigenvalue weighted by Crippen LogP contribution is -2.50. The number of rotatable bonds is 5. The lowest BCUT2D eigenvalue weighted by molar-refractivity contribution is 0.208. The molecule has 1 aromatic heterocycles. The van der Waals surface area contributed by atoms with Gasteiger partial charge in [-0.1, -0.05) is 23.2 Å². The number of carbonyl (C=O) groups excluding carboxylic acids is 1. The molecule has 0 bridgehead atoms. The molecule has 4 rings (SSSR count). The molecule has 1 fully saturated rings. The van der Waals surface area contributed by atoms with Crippen LogP contribution < -0.4 is 15.0 Å². The van der Waals surface area contributed by atoms with Crippen molar-refractivity contribution >= 4 is 40.7 Å². The van der Waals surface area contributed by atoms with E-state index in [0.29, 0.717) is 48.5 Å². The van der Waals surface area contributed by atoms with Gasteiger partial charge in [0.2, 0.25) is 0 Å². The fraction of sp³-hybridized carbons (Fsp3) is 0.261. The number of amides is 2. The zero-order valence-electron chi connectivity index (χ0n) is 17.6. The molecule has 166 valence electrons. The molecule has 1 N–H and O–H groups in total. The molecule has 1 saturated heterocycles. The summed E-state index contributed by atoms with van der Waals surface area (Å²) in [5, 5.41) is 12.7. The van der Waals surface area contributed by atoms with Gasteiger partial charge >= 0.3 is 6.03 Å². The molecule has 3 aromatic rings. The standard InChI is InChI=1S/C23H23Cl2N5O2/c1-2-32-18-6-4-17(5-7-18)26-23(31)30-13-11-29(12-14-30)22-10-9-21(27-28-22)19-8-3-16(24)15-20(19)25/h3-10,15H,2,11-14H2,1H3,(H,26,31). The third-order valence-electron chi connectivity index (χ3n) is 5.17. The second-order valence-corrected chi connectivity index (χ2v) is 8.11. The number of aromatic nitrogens is 2. The Balaban J connectivity index is 1.32. The van der Waals surface area contributed by atoms with Crippen LogP contribution in [0.5, 0.6) is 5.75 Å². The summed E-state index contributed by atoms with van der Waals surface area (Å²) in [5.74, 6) is 1.55. The average Bonchev–Trinajstić information content (AvgIpc) is 2.81. The minimum Gasteiger partial charge on any atom is -0.494 e. The van der Waals surface area contributed by atoms with Crippen LogP contribution in [0.3, 0.4) is 0 Å². The number of carbonyl (C=O) groups is 1. The highest BCUT2D eigenvalue weighted by molar-refractivity contribution is 6.36. The first kappa shape index (κ1) is 22.2. The summed E-state index contributed by atoms with van der Waals surface area (Å²) in [7, 11) is 0. The molecule has 2 amide bonds. The van der Waals surface area contributed by atoms with Crippen molar-refractivity contribution in [3.05, 3.63) is 64.6 Å². The van der Waals surface area contributed by atoms with Gasteiger partial charge < -0.3 is 19.9 Å². The highest BCUT2D eigenvalue weighted by Crippen LogP contribution is 2.29. The summed E-state index contributed by atoms with van der Waals surface area (Å²) >= 11 is 12.2. The van der Waals surface area contributed by atoms with Crippen molar-refractivity contribution < 1.29 is 9.53 Å². The Morgan fingerprint density at radius 1 is 1.00 bits per heavy atom. The number of nitrogens with one attached hydrogen (secondary N) is 1. The predicted molar refractivity (Wildman–Crippen MR) is 128 cm³/mol. The topological polar surface area (TPSA) is 70.6 Å². The van der Waals surface area contributed by atoms with Gasteiger partial charge in [-0.25, -0.2) is 4.79 Å². The van der Waals surface area contributed by atoms with Crippen LogP contribution >= 0.6 is 23.2 Å². The fourth-order valence-corrected chi connectivity index (χ4v) is 3.98. The van der Waals surface area contributed by atoms with Crippen molar-refractivity contribution in [2.75, 3.05) is 43.0 Å². The van der Waals surface area contributed by atoms with Gasteiger partial charge in [-0.2, -0.15) is 0 Å². The molecule has 0 spiro atoms. The number of urea groups is 1. The molecule has 0 unspecified atom stereocenters. The van der Waals surface area contributed by atoms with Crippen molar-refractivity contribution in [1.29, 1.82) is 0 Å². The van der Waals surface area contributed by atoms with Crippen LogP contribution in [-0.2, 0) is 0 Å². The lowest BCUT2D eigenvalue weighted by Gasteiger charge is -2.35. The summed E-state index contributed by atoms with van der Waals surface area (Å²) in [6.45, 7) is 5.08. The summed E-state index contributed by atoms with van der Waals surface area (Å²) in [4.78, 5) is 16.5. The number of ether oxygens (including phenoxy) is 1. The summed E-state index contributed by atoms with van der Waals surface area (Å²) in [6.07, 6.45) is 0. The van der Waals surface area contributed by atoms with Crippen LogP contribution in [0.1, 0.15) is 6.92 Å². The Labute approximate surface area is 196 Å². The lowest BCUT2D eigenvalue weighted by atomic mass is 10.1. The normalized spacial score (nSPS) is 13.7. The van der Waals surface area contributed by atoms with Crippen LogP contribution in [-0.4, -0.2) is 53.9 Å². The summed E-state index contributed by atoms with van der Waals surface area (Å²) < 4.78 is 5.43. The molecule has 32 heavy (non-hydrogen) atoms. The Hall–Kier alpha value is -3.03. The SMILES string of the molecule is CCOc1ccc(NC(=O)N2CCN(c3ccc(-c4ccc(Cl)cc4Cl)nn3)CC2)cc1. The van der Waals surface area contributed by atoms with E-state index in [2.05, 4.69) is 20.4 Å². The number of halogens is 2. The minimum atomic E-state index is -0.118. The second kappa shape index (κ2) is 10.1. The first-order valence-corrected chi connectivity index (χ1v) is 11.1. The first-order valence-electron chi connectivity index (χ1n) is 10.4. The van der Waals surface area contributed by atoms with Crippen LogP contribution in [0.2, 0.25) is 10.0 Å². The van der Waals surface area contributed by atoms with Crippen LogP contribution in [0.4, 0.5) is 16.3 Å². The predicted octanol–water partition coefficient (Wildman–Crippen LogP) is 5.20. The van der Waals surface area contributed by atoms with Crippen LogP contribution in [0.15, 0.2) is 54.6 Å². The molecule has 0 radical (unpaired) electrons. The van der Waals surface area contributed by atoms with Crippen molar-refractivity contribution in [3.8, 4) is 17.0 Å². The maximum atomic E-state index is 12.6. The number of nitrogens with zero attached hydrogens (tertiary/aromatic N) is 4. The number of benzene rings is 2. The summed E-state index contributed by atoms with van der Waals surface area (Å²) in [5.41, 5.74) is 2.21. The van der Waals surface area contributed by atoms with Gasteiger partial charge in [-0.15, -0.1) is 10.2 Å². The van der Waals surface area contributed by atoms with Gasteiger partial charge in [0.25, 0.3) is 0 Å². The van der Waals surface area contributed by atoms with Crippen molar-refractivity contribution in [3.63, 3.8) is 0 Å². The van der Waals surface area contributed by atoms with E-state index in [4.69, 9.17) is 27.9 Å². The zero-order chi connectivity index (χ0) is 22.5. The number of piperazine rings is 1. The Morgan fingerprint density at radius 2 is 1.75 bits per heavy atom. The van der Waals surface area contributed by atoms with Gasteiger partial charge in [-0.05, 0) is 61.5 Å². The van der Waals surface area contributed by atoms with E-state index < -0.39 is 0 Å². The first-order chi connectivity index (χ1) is 15.5. The molecule has 1 aliphatic rings. The van der Waals surface area contributed by atoms with Crippen LogP contribution in [0, 0.1) is 0 Å². The minimum absolute atomic E-state index is 0.118. The van der Waals surface area contributed by atoms with Gasteiger partial charge in [0.15, 0.2) is 5.82 Å². The molecular weight excluding hydrogens is 449 g/mol. The molecule has 2 aromatic carbocycles. The smallest absolute Gasteiger partial charge is 0.321 e. The highest BCUT2D eigenvalue weighted by Gasteiger charge is 2.22. The molecular formula is C23H23Cl2N5O2. The van der Waals surface area contributed by atoms with Gasteiger partial charge in [0, 0.05) is 42.5 Å². The Bertz CT molecular complexity index is 1070.